The number of carbonyl (C=O) groups excluding carboxylic acids is 2. The lowest BCUT2D eigenvalue weighted by Crippen LogP contribution is -2.44. The maximum Gasteiger partial charge on any atom is 0.317 e. The van der Waals surface area contributed by atoms with E-state index in [-0.39, 0.29) is 23.7 Å². The Hall–Kier alpha value is -3.68. The highest BCUT2D eigenvalue weighted by molar-refractivity contribution is 5.91. The van der Waals surface area contributed by atoms with Gasteiger partial charge in [0.25, 0.3) is 5.91 Å². The Kier molecular flexibility index (Phi) is 6.56. The molecule has 1 aromatic heterocycles. The Morgan fingerprint density at radius 1 is 0.935 bits per heavy atom. The van der Waals surface area contributed by atoms with Gasteiger partial charge in [0.1, 0.15) is 0 Å². The molecule has 2 heterocycles. The van der Waals surface area contributed by atoms with E-state index in [2.05, 4.69) is 20.9 Å². The van der Waals surface area contributed by atoms with Crippen molar-refractivity contribution in [3.63, 3.8) is 0 Å². The minimum Gasteiger partial charge on any atom is -0.347 e. The summed E-state index contributed by atoms with van der Waals surface area (Å²) in [4.78, 5) is 26.9. The molecular formula is C23H26N6O2. The van der Waals surface area contributed by atoms with Crippen molar-refractivity contribution < 1.29 is 9.59 Å². The van der Waals surface area contributed by atoms with Crippen molar-refractivity contribution in [2.45, 2.75) is 38.5 Å². The molecule has 3 aromatic rings. The van der Waals surface area contributed by atoms with Crippen molar-refractivity contribution >= 4 is 11.9 Å². The van der Waals surface area contributed by atoms with Crippen molar-refractivity contribution in [3.05, 3.63) is 83.7 Å². The van der Waals surface area contributed by atoms with Gasteiger partial charge in [-0.3, -0.25) is 4.79 Å². The maximum atomic E-state index is 12.7. The number of amides is 3. The summed E-state index contributed by atoms with van der Waals surface area (Å²) in [6.45, 7) is 2.16. The molecule has 0 unspecified atom stereocenters. The number of nitrogens with zero attached hydrogens (tertiary/aromatic N) is 4. The molecule has 0 aliphatic carbocycles. The van der Waals surface area contributed by atoms with Crippen LogP contribution in [0.5, 0.6) is 0 Å². The molecule has 0 saturated carbocycles. The summed E-state index contributed by atoms with van der Waals surface area (Å²) in [5, 5.41) is 13.9. The zero-order valence-corrected chi connectivity index (χ0v) is 17.3. The molecule has 2 aromatic carbocycles. The Balaban J connectivity index is 1.29. The molecule has 4 rings (SSSR count). The van der Waals surface area contributed by atoms with E-state index in [0.717, 1.165) is 24.0 Å². The summed E-state index contributed by atoms with van der Waals surface area (Å²) in [6, 6.07) is 19.5. The van der Waals surface area contributed by atoms with E-state index in [4.69, 9.17) is 0 Å². The summed E-state index contributed by atoms with van der Waals surface area (Å²) in [6.07, 6.45) is 3.48. The number of likely N-dealkylation sites (tertiary alicyclic amines) is 1. The molecule has 2 N–H and O–H groups in total. The van der Waals surface area contributed by atoms with E-state index in [1.54, 1.807) is 10.9 Å². The number of urea groups is 1. The van der Waals surface area contributed by atoms with Crippen LogP contribution in [0.1, 0.15) is 34.5 Å². The summed E-state index contributed by atoms with van der Waals surface area (Å²) < 4.78 is 1.64. The van der Waals surface area contributed by atoms with Gasteiger partial charge in [-0.1, -0.05) is 65.9 Å². The maximum absolute atomic E-state index is 12.7. The number of rotatable bonds is 7. The SMILES string of the molecule is O=C(NCc1ccccc1)c1cn(C[C@@H]2CCCN2C(=O)NCc2ccccc2)nn1. The third-order valence-corrected chi connectivity index (χ3v) is 5.39. The van der Waals surface area contributed by atoms with E-state index in [1.807, 2.05) is 65.6 Å². The number of carbonyl (C=O) groups is 2. The molecule has 0 spiro atoms. The highest BCUT2D eigenvalue weighted by Crippen LogP contribution is 2.19. The lowest BCUT2D eigenvalue weighted by molar-refractivity contribution is 0.0945. The monoisotopic (exact) mass is 418 g/mol. The number of hydrogen-bond acceptors (Lipinski definition) is 4. The normalized spacial score (nSPS) is 15.6. The zero-order chi connectivity index (χ0) is 21.5. The molecule has 1 saturated heterocycles. The van der Waals surface area contributed by atoms with Gasteiger partial charge >= 0.3 is 6.03 Å². The number of hydrogen-bond donors (Lipinski definition) is 2. The summed E-state index contributed by atoms with van der Waals surface area (Å²) in [5.74, 6) is -0.265. The molecule has 1 fully saturated rings. The fraction of sp³-hybridized carbons (Fsp3) is 0.304. The molecule has 3 amide bonds. The minimum absolute atomic E-state index is 0.0257. The predicted octanol–water partition coefficient (Wildman–Crippen LogP) is 2.58. The van der Waals surface area contributed by atoms with Gasteiger partial charge in [-0.2, -0.15) is 0 Å². The lowest BCUT2D eigenvalue weighted by atomic mass is 10.2. The first kappa shape index (κ1) is 20.6. The van der Waals surface area contributed by atoms with Gasteiger partial charge in [0.15, 0.2) is 5.69 Å². The van der Waals surface area contributed by atoms with Crippen molar-refractivity contribution in [3.8, 4) is 0 Å². The average molecular weight is 419 g/mol. The Bertz CT molecular complexity index is 1010. The third-order valence-electron chi connectivity index (χ3n) is 5.39. The van der Waals surface area contributed by atoms with Crippen LogP contribution in [0.2, 0.25) is 0 Å². The molecule has 0 bridgehead atoms. The van der Waals surface area contributed by atoms with Gasteiger partial charge in [0, 0.05) is 19.6 Å². The van der Waals surface area contributed by atoms with Gasteiger partial charge in [-0.25, -0.2) is 9.48 Å². The van der Waals surface area contributed by atoms with Crippen molar-refractivity contribution in [1.29, 1.82) is 0 Å². The van der Waals surface area contributed by atoms with Gasteiger partial charge in [0.05, 0.1) is 18.8 Å². The second kappa shape index (κ2) is 9.88. The highest BCUT2D eigenvalue weighted by atomic mass is 16.2. The number of benzene rings is 2. The second-order valence-electron chi connectivity index (χ2n) is 7.63. The number of aromatic nitrogens is 3. The third kappa shape index (κ3) is 5.48. The largest absolute Gasteiger partial charge is 0.347 e. The van der Waals surface area contributed by atoms with Crippen LogP contribution in [-0.4, -0.2) is 44.4 Å². The molecule has 1 aliphatic heterocycles. The van der Waals surface area contributed by atoms with Crippen molar-refractivity contribution in [2.24, 2.45) is 0 Å². The van der Waals surface area contributed by atoms with E-state index in [0.29, 0.717) is 26.2 Å². The van der Waals surface area contributed by atoms with Crippen LogP contribution in [0, 0.1) is 0 Å². The fourth-order valence-corrected chi connectivity index (χ4v) is 3.74. The van der Waals surface area contributed by atoms with Gasteiger partial charge in [-0.15, -0.1) is 5.10 Å². The molecule has 31 heavy (non-hydrogen) atoms. The average Bonchev–Trinajstić information content (AvgIpc) is 3.47. The smallest absolute Gasteiger partial charge is 0.317 e. The number of nitrogens with one attached hydrogen (secondary N) is 2. The van der Waals surface area contributed by atoms with Crippen LogP contribution in [0.3, 0.4) is 0 Å². The van der Waals surface area contributed by atoms with Crippen LogP contribution in [0.4, 0.5) is 4.79 Å². The molecule has 1 aliphatic rings. The standard InChI is InChI=1S/C23H26N6O2/c30-22(24-14-18-8-3-1-4-9-18)21-17-28(27-26-21)16-20-12-7-13-29(20)23(31)25-15-19-10-5-2-6-11-19/h1-6,8-11,17,20H,7,12-16H2,(H,24,30)(H,25,31)/t20-/m0/s1. The van der Waals surface area contributed by atoms with Crippen LogP contribution < -0.4 is 10.6 Å². The van der Waals surface area contributed by atoms with Crippen LogP contribution in [0.25, 0.3) is 0 Å². The van der Waals surface area contributed by atoms with E-state index >= 15 is 0 Å². The molecule has 160 valence electrons. The van der Waals surface area contributed by atoms with Gasteiger partial charge in [-0.05, 0) is 24.0 Å². The van der Waals surface area contributed by atoms with Gasteiger partial charge in [0.2, 0.25) is 0 Å². The quantitative estimate of drug-likeness (QED) is 0.617. The first-order chi connectivity index (χ1) is 15.2. The Morgan fingerprint density at radius 2 is 1.58 bits per heavy atom. The van der Waals surface area contributed by atoms with Crippen LogP contribution in [0.15, 0.2) is 66.9 Å². The van der Waals surface area contributed by atoms with Crippen molar-refractivity contribution in [1.82, 2.24) is 30.5 Å². The van der Waals surface area contributed by atoms with E-state index in [1.165, 1.54) is 0 Å². The summed E-state index contributed by atoms with van der Waals surface area (Å²) in [5.41, 5.74) is 2.36. The first-order valence-electron chi connectivity index (χ1n) is 10.5. The lowest BCUT2D eigenvalue weighted by Gasteiger charge is -2.24. The summed E-state index contributed by atoms with van der Waals surface area (Å²) in [7, 11) is 0. The molecule has 1 atom stereocenters. The van der Waals surface area contributed by atoms with E-state index in [9.17, 15) is 9.59 Å². The van der Waals surface area contributed by atoms with E-state index < -0.39 is 0 Å². The highest BCUT2D eigenvalue weighted by Gasteiger charge is 2.29. The van der Waals surface area contributed by atoms with Crippen LogP contribution >= 0.6 is 0 Å². The molecule has 0 radical (unpaired) electrons. The van der Waals surface area contributed by atoms with Crippen molar-refractivity contribution in [2.75, 3.05) is 6.54 Å². The second-order valence-corrected chi connectivity index (χ2v) is 7.63. The molecule has 8 nitrogen and oxygen atoms in total. The Labute approximate surface area is 181 Å². The minimum atomic E-state index is -0.265. The molecule has 8 heteroatoms. The first-order valence-corrected chi connectivity index (χ1v) is 10.5. The fourth-order valence-electron chi connectivity index (χ4n) is 3.74. The summed E-state index contributed by atoms with van der Waals surface area (Å²) >= 11 is 0. The van der Waals surface area contributed by atoms with Gasteiger partial charge < -0.3 is 15.5 Å². The predicted molar refractivity (Wildman–Crippen MR) is 116 cm³/mol. The topological polar surface area (TPSA) is 92.2 Å². The molecular weight excluding hydrogens is 392 g/mol. The zero-order valence-electron chi connectivity index (χ0n) is 17.3. The Morgan fingerprint density at radius 3 is 2.26 bits per heavy atom. The van der Waals surface area contributed by atoms with Crippen LogP contribution in [-0.2, 0) is 19.6 Å².